The van der Waals surface area contributed by atoms with Gasteiger partial charge in [0.15, 0.2) is 0 Å². The summed E-state index contributed by atoms with van der Waals surface area (Å²) in [6, 6.07) is 69.0. The van der Waals surface area contributed by atoms with Crippen molar-refractivity contribution in [2.24, 2.45) is 0 Å². The van der Waals surface area contributed by atoms with Crippen LogP contribution in [0.15, 0.2) is 206 Å². The first-order valence-electron chi connectivity index (χ1n) is 19.6. The first kappa shape index (κ1) is 32.3. The van der Waals surface area contributed by atoms with E-state index < -0.39 is 0 Å². The molecule has 0 spiro atoms. The van der Waals surface area contributed by atoms with Gasteiger partial charge in [0.05, 0.1) is 11.0 Å². The van der Waals surface area contributed by atoms with Gasteiger partial charge in [0, 0.05) is 33.5 Å². The van der Waals surface area contributed by atoms with Crippen LogP contribution in [-0.4, -0.2) is 4.57 Å². The molecule has 0 atom stereocenters. The lowest BCUT2D eigenvalue weighted by atomic mass is 9.91. The minimum atomic E-state index is 1.06. The van der Waals surface area contributed by atoms with E-state index in [4.69, 9.17) is 0 Å². The van der Waals surface area contributed by atoms with Gasteiger partial charge in [-0.25, -0.2) is 0 Å². The average molecular weight is 715 g/mol. The Balaban J connectivity index is 1.03. The van der Waals surface area contributed by atoms with Crippen molar-refractivity contribution in [3.63, 3.8) is 0 Å². The molecule has 0 saturated heterocycles. The van der Waals surface area contributed by atoms with Crippen molar-refractivity contribution in [2.75, 3.05) is 4.90 Å². The van der Waals surface area contributed by atoms with E-state index in [-0.39, 0.29) is 0 Å². The van der Waals surface area contributed by atoms with Crippen LogP contribution in [0.5, 0.6) is 0 Å². The summed E-state index contributed by atoms with van der Waals surface area (Å²) in [5.41, 5.74) is 12.0. The Morgan fingerprint density at radius 3 is 1.84 bits per heavy atom. The average Bonchev–Trinajstić information content (AvgIpc) is 3.60. The van der Waals surface area contributed by atoms with Crippen molar-refractivity contribution in [3.05, 3.63) is 206 Å². The van der Waals surface area contributed by atoms with Gasteiger partial charge >= 0.3 is 0 Å². The number of rotatable bonds is 6. The maximum Gasteiger partial charge on any atom is 0.0547 e. The van der Waals surface area contributed by atoms with E-state index in [9.17, 15) is 0 Å². The minimum Gasteiger partial charge on any atom is -0.310 e. The number of para-hydroxylation sites is 2. The van der Waals surface area contributed by atoms with E-state index in [1.54, 1.807) is 0 Å². The molecular formula is C54H38N2. The largest absolute Gasteiger partial charge is 0.310 e. The number of benzene rings is 9. The smallest absolute Gasteiger partial charge is 0.0547 e. The Morgan fingerprint density at radius 2 is 1.02 bits per heavy atom. The summed E-state index contributed by atoms with van der Waals surface area (Å²) in [6.07, 6.45) is 9.11. The minimum absolute atomic E-state index is 1.06. The second-order valence-corrected chi connectivity index (χ2v) is 14.8. The molecule has 11 rings (SSSR count). The van der Waals surface area contributed by atoms with Crippen LogP contribution in [-0.2, 0) is 0 Å². The van der Waals surface area contributed by atoms with E-state index in [1.807, 2.05) is 0 Å². The van der Waals surface area contributed by atoms with Gasteiger partial charge in [-0.2, -0.15) is 0 Å². The number of fused-ring (bicyclic) bond motifs is 7. The summed E-state index contributed by atoms with van der Waals surface area (Å²) < 4.78 is 2.45. The van der Waals surface area contributed by atoms with Gasteiger partial charge in [0.25, 0.3) is 0 Å². The summed E-state index contributed by atoms with van der Waals surface area (Å²) in [4.78, 5) is 2.36. The molecule has 0 N–H and O–H groups in total. The number of anilines is 3. The molecule has 0 saturated carbocycles. The molecule has 1 aliphatic carbocycles. The monoisotopic (exact) mass is 714 g/mol. The predicted octanol–water partition coefficient (Wildman–Crippen LogP) is 15.2. The molecule has 0 aliphatic heterocycles. The number of nitrogens with zero attached hydrogens (tertiary/aromatic N) is 2. The van der Waals surface area contributed by atoms with Gasteiger partial charge in [-0.3, -0.25) is 0 Å². The zero-order chi connectivity index (χ0) is 37.0. The fourth-order valence-corrected chi connectivity index (χ4v) is 8.96. The SMILES string of the molecule is C1=CC(n2c3ccccc3c3ccc(-c4cccc5cccc(-c6ccc(N(c7ccccc7)c7ccc8c(ccc9ccccc98)c7)cc6)c45)cc32)=CCC1. The fourth-order valence-electron chi connectivity index (χ4n) is 8.96. The number of hydrogen-bond donors (Lipinski definition) is 0. The summed E-state index contributed by atoms with van der Waals surface area (Å²) in [5.74, 6) is 0. The Bertz CT molecular complexity index is 3180. The number of aromatic nitrogens is 1. The Hall–Kier alpha value is -7.16. The highest BCUT2D eigenvalue weighted by molar-refractivity contribution is 6.13. The second kappa shape index (κ2) is 13.3. The van der Waals surface area contributed by atoms with Crippen molar-refractivity contribution in [1.29, 1.82) is 0 Å². The van der Waals surface area contributed by atoms with Crippen molar-refractivity contribution in [1.82, 2.24) is 4.57 Å². The van der Waals surface area contributed by atoms with Crippen LogP contribution < -0.4 is 4.90 Å². The van der Waals surface area contributed by atoms with Crippen LogP contribution in [0, 0.1) is 0 Å². The molecule has 56 heavy (non-hydrogen) atoms. The molecule has 9 aromatic carbocycles. The van der Waals surface area contributed by atoms with E-state index >= 15 is 0 Å². The van der Waals surface area contributed by atoms with Crippen molar-refractivity contribution in [2.45, 2.75) is 12.8 Å². The molecule has 0 unspecified atom stereocenters. The molecule has 0 radical (unpaired) electrons. The molecule has 1 heterocycles. The van der Waals surface area contributed by atoms with Gasteiger partial charge < -0.3 is 9.47 Å². The lowest BCUT2D eigenvalue weighted by Crippen LogP contribution is -2.09. The van der Waals surface area contributed by atoms with E-state index in [2.05, 4.69) is 216 Å². The van der Waals surface area contributed by atoms with Gasteiger partial charge in [-0.1, -0.05) is 152 Å². The normalized spacial score (nSPS) is 12.9. The van der Waals surface area contributed by atoms with Gasteiger partial charge in [0.1, 0.15) is 0 Å². The van der Waals surface area contributed by atoms with Crippen LogP contribution in [0.1, 0.15) is 12.8 Å². The predicted molar refractivity (Wildman–Crippen MR) is 240 cm³/mol. The molecule has 2 nitrogen and oxygen atoms in total. The quantitative estimate of drug-likeness (QED) is 0.156. The van der Waals surface area contributed by atoms with E-state index in [0.29, 0.717) is 0 Å². The Kier molecular flexibility index (Phi) is 7.67. The third-order valence-corrected chi connectivity index (χ3v) is 11.6. The number of allylic oxidation sites excluding steroid dienone is 4. The third-order valence-electron chi connectivity index (χ3n) is 11.6. The lowest BCUT2D eigenvalue weighted by Gasteiger charge is -2.26. The first-order valence-corrected chi connectivity index (χ1v) is 19.6. The Labute approximate surface area is 326 Å². The zero-order valence-corrected chi connectivity index (χ0v) is 30.9. The summed E-state index contributed by atoms with van der Waals surface area (Å²) in [6.45, 7) is 0. The molecule has 2 heteroatoms. The maximum absolute atomic E-state index is 2.45. The van der Waals surface area contributed by atoms with E-state index in [1.165, 1.54) is 82.1 Å². The third kappa shape index (κ3) is 5.33. The molecule has 264 valence electrons. The Morgan fingerprint density at radius 1 is 0.393 bits per heavy atom. The topological polar surface area (TPSA) is 8.17 Å². The van der Waals surface area contributed by atoms with Crippen LogP contribution in [0.2, 0.25) is 0 Å². The molecule has 0 amide bonds. The second-order valence-electron chi connectivity index (χ2n) is 14.8. The summed E-state index contributed by atoms with van der Waals surface area (Å²) >= 11 is 0. The van der Waals surface area contributed by atoms with Gasteiger partial charge in [-0.05, 0) is 122 Å². The standard InChI is InChI=1S/C54H38N2/c1-3-16-42(17-4-1)55(45-32-34-47-40(35-45)26-25-37-13-7-8-20-46(37)47)44-30-27-38(28-31-44)48-22-11-14-39-15-12-23-49(54(39)48)41-29-33-51-50-21-9-10-24-52(50)56(53(51)36-41)43-18-5-2-6-19-43/h1,3-5,7-36H,2,6H2. The molecule has 10 aromatic rings. The number of hydrogen-bond acceptors (Lipinski definition) is 1. The van der Waals surface area contributed by atoms with Crippen molar-refractivity contribution >= 4 is 76.9 Å². The molecule has 1 aromatic heterocycles. The van der Waals surface area contributed by atoms with Crippen LogP contribution in [0.4, 0.5) is 17.1 Å². The van der Waals surface area contributed by atoms with Crippen LogP contribution >= 0.6 is 0 Å². The fraction of sp³-hybridized carbons (Fsp3) is 0.0370. The zero-order valence-electron chi connectivity index (χ0n) is 30.9. The molecular weight excluding hydrogens is 677 g/mol. The first-order chi connectivity index (χ1) is 27.8. The van der Waals surface area contributed by atoms with Gasteiger partial charge in [0.2, 0.25) is 0 Å². The lowest BCUT2D eigenvalue weighted by molar-refractivity contribution is 1.02. The van der Waals surface area contributed by atoms with Gasteiger partial charge in [-0.15, -0.1) is 0 Å². The highest BCUT2D eigenvalue weighted by Gasteiger charge is 2.18. The molecule has 0 bridgehead atoms. The highest BCUT2D eigenvalue weighted by Crippen LogP contribution is 2.42. The van der Waals surface area contributed by atoms with Crippen LogP contribution in [0.25, 0.3) is 82.1 Å². The molecule has 0 fully saturated rings. The van der Waals surface area contributed by atoms with Crippen molar-refractivity contribution in [3.8, 4) is 22.3 Å². The molecule has 1 aliphatic rings. The highest BCUT2D eigenvalue weighted by atomic mass is 15.1. The van der Waals surface area contributed by atoms with E-state index in [0.717, 1.165) is 29.9 Å². The van der Waals surface area contributed by atoms with Crippen LogP contribution in [0.3, 0.4) is 0 Å². The maximum atomic E-state index is 2.45. The van der Waals surface area contributed by atoms with Crippen molar-refractivity contribution < 1.29 is 0 Å². The summed E-state index contributed by atoms with van der Waals surface area (Å²) in [5, 5.41) is 10.1. The summed E-state index contributed by atoms with van der Waals surface area (Å²) in [7, 11) is 0.